The minimum absolute atomic E-state index is 0.00120. The van der Waals surface area contributed by atoms with E-state index in [1.807, 2.05) is 42.5 Å². The van der Waals surface area contributed by atoms with E-state index in [0.29, 0.717) is 10.4 Å². The van der Waals surface area contributed by atoms with Crippen LogP contribution < -0.4 is 5.43 Å². The van der Waals surface area contributed by atoms with Gasteiger partial charge in [-0.15, -0.1) is 0 Å². The molecular weight excluding hydrogens is 232 g/mol. The highest BCUT2D eigenvalue weighted by Gasteiger charge is 2.04. The highest BCUT2D eigenvalue weighted by atomic mass is 35.5. The van der Waals surface area contributed by atoms with Crippen LogP contribution in [0.25, 0.3) is 21.5 Å². The first-order chi connectivity index (χ1) is 8.27. The molecule has 2 heteroatoms. The van der Waals surface area contributed by atoms with Crippen molar-refractivity contribution in [1.82, 2.24) is 0 Å². The third kappa shape index (κ3) is 1.60. The normalized spacial score (nSPS) is 10.9. The highest BCUT2D eigenvalue weighted by molar-refractivity contribution is 6.37. The maximum Gasteiger partial charge on any atom is 0.186 e. The Kier molecular flexibility index (Phi) is 2.34. The van der Waals surface area contributed by atoms with Crippen LogP contribution in [0, 0.1) is 0 Å². The first-order valence-corrected chi connectivity index (χ1v) is 5.75. The molecule has 0 bridgehead atoms. The van der Waals surface area contributed by atoms with Gasteiger partial charge in [0.05, 0.1) is 0 Å². The predicted octanol–water partition coefficient (Wildman–Crippen LogP) is 4.01. The lowest BCUT2D eigenvalue weighted by molar-refractivity contribution is 1.72. The zero-order chi connectivity index (χ0) is 11.8. The number of hydrogen-bond acceptors (Lipinski definition) is 1. The SMILES string of the molecule is O=c1ccc2ccccc2c2c(Cl)cccc12. The minimum atomic E-state index is -0.00120. The van der Waals surface area contributed by atoms with Gasteiger partial charge < -0.3 is 0 Å². The molecule has 0 N–H and O–H groups in total. The lowest BCUT2D eigenvalue weighted by Gasteiger charge is -1.99. The van der Waals surface area contributed by atoms with Crippen molar-refractivity contribution in [1.29, 1.82) is 0 Å². The lowest BCUT2D eigenvalue weighted by Crippen LogP contribution is -1.94. The van der Waals surface area contributed by atoms with E-state index in [0.717, 1.165) is 16.2 Å². The molecule has 0 saturated heterocycles. The summed E-state index contributed by atoms with van der Waals surface area (Å²) >= 11 is 6.23. The van der Waals surface area contributed by atoms with Gasteiger partial charge in [0.25, 0.3) is 0 Å². The first kappa shape index (κ1) is 10.3. The smallest absolute Gasteiger partial charge is 0.186 e. The molecule has 0 radical (unpaired) electrons. The van der Waals surface area contributed by atoms with Crippen molar-refractivity contribution < 1.29 is 0 Å². The van der Waals surface area contributed by atoms with Gasteiger partial charge in [-0.1, -0.05) is 54.1 Å². The van der Waals surface area contributed by atoms with Crippen LogP contribution in [0.5, 0.6) is 0 Å². The minimum Gasteiger partial charge on any atom is -0.289 e. The molecule has 0 heterocycles. The summed E-state index contributed by atoms with van der Waals surface area (Å²) < 4.78 is 0. The molecule has 0 aromatic heterocycles. The molecule has 0 aliphatic rings. The molecule has 3 aromatic carbocycles. The number of halogens is 1. The Morgan fingerprint density at radius 3 is 2.41 bits per heavy atom. The summed E-state index contributed by atoms with van der Waals surface area (Å²) in [7, 11) is 0. The van der Waals surface area contributed by atoms with Gasteiger partial charge in [0.2, 0.25) is 0 Å². The molecular formula is C15H9ClO. The van der Waals surface area contributed by atoms with E-state index < -0.39 is 0 Å². The number of fused-ring (bicyclic) bond motifs is 3. The van der Waals surface area contributed by atoms with E-state index in [4.69, 9.17) is 11.6 Å². The zero-order valence-corrected chi connectivity index (χ0v) is 9.74. The van der Waals surface area contributed by atoms with E-state index in [2.05, 4.69) is 0 Å². The van der Waals surface area contributed by atoms with E-state index in [9.17, 15) is 4.79 Å². The second kappa shape index (κ2) is 3.86. The molecule has 0 aliphatic carbocycles. The number of benzene rings is 2. The van der Waals surface area contributed by atoms with E-state index in [1.165, 1.54) is 0 Å². The molecule has 0 fully saturated rings. The molecule has 0 aliphatic heterocycles. The number of rotatable bonds is 0. The topological polar surface area (TPSA) is 17.1 Å². The van der Waals surface area contributed by atoms with E-state index in [-0.39, 0.29) is 5.43 Å². The van der Waals surface area contributed by atoms with Crippen LogP contribution in [0.4, 0.5) is 0 Å². The van der Waals surface area contributed by atoms with Crippen molar-refractivity contribution in [2.45, 2.75) is 0 Å². The quantitative estimate of drug-likeness (QED) is 0.580. The Balaban J connectivity index is 2.77. The largest absolute Gasteiger partial charge is 0.289 e. The zero-order valence-electron chi connectivity index (χ0n) is 8.98. The highest BCUT2D eigenvalue weighted by Crippen LogP contribution is 2.27. The molecule has 0 spiro atoms. The fourth-order valence-corrected chi connectivity index (χ4v) is 2.40. The fraction of sp³-hybridized carbons (Fsp3) is 0. The molecule has 0 saturated carbocycles. The second-order valence-electron chi connectivity index (χ2n) is 3.95. The standard InChI is InChI=1S/C15H9ClO/c16-13-7-3-6-12-14(17)9-8-10-4-1-2-5-11(10)15(12)13/h1-9H. The lowest BCUT2D eigenvalue weighted by atomic mass is 10.1. The van der Waals surface area contributed by atoms with Gasteiger partial charge in [-0.2, -0.15) is 0 Å². The third-order valence-electron chi connectivity index (χ3n) is 2.92. The van der Waals surface area contributed by atoms with Crippen LogP contribution in [-0.2, 0) is 0 Å². The fourth-order valence-electron chi connectivity index (χ4n) is 2.13. The van der Waals surface area contributed by atoms with Gasteiger partial charge in [0.15, 0.2) is 5.43 Å². The first-order valence-electron chi connectivity index (χ1n) is 5.38. The Morgan fingerprint density at radius 1 is 0.765 bits per heavy atom. The molecule has 3 rings (SSSR count). The summed E-state index contributed by atoms with van der Waals surface area (Å²) in [5, 5.41) is 4.15. The van der Waals surface area contributed by atoms with Crippen molar-refractivity contribution in [3.8, 4) is 0 Å². The maximum absolute atomic E-state index is 12.0. The van der Waals surface area contributed by atoms with E-state index in [1.54, 1.807) is 12.1 Å². The molecule has 17 heavy (non-hydrogen) atoms. The Morgan fingerprint density at radius 2 is 1.53 bits per heavy atom. The van der Waals surface area contributed by atoms with Crippen LogP contribution in [-0.4, -0.2) is 0 Å². The Labute approximate surface area is 103 Å². The molecule has 0 amide bonds. The van der Waals surface area contributed by atoms with Gasteiger partial charge in [-0.05, 0) is 22.9 Å². The van der Waals surface area contributed by atoms with E-state index >= 15 is 0 Å². The van der Waals surface area contributed by atoms with Crippen molar-refractivity contribution in [2.24, 2.45) is 0 Å². The van der Waals surface area contributed by atoms with Gasteiger partial charge in [0.1, 0.15) is 0 Å². The number of hydrogen-bond donors (Lipinski definition) is 0. The Bertz CT molecular complexity index is 778. The summed E-state index contributed by atoms with van der Waals surface area (Å²) in [5.74, 6) is 0. The van der Waals surface area contributed by atoms with Crippen molar-refractivity contribution in [2.75, 3.05) is 0 Å². The van der Waals surface area contributed by atoms with Gasteiger partial charge in [-0.25, -0.2) is 0 Å². The summed E-state index contributed by atoms with van der Waals surface area (Å²) in [4.78, 5) is 12.0. The van der Waals surface area contributed by atoms with Crippen LogP contribution in [0.2, 0.25) is 5.02 Å². The van der Waals surface area contributed by atoms with Crippen molar-refractivity contribution in [3.05, 3.63) is 69.8 Å². The molecule has 82 valence electrons. The van der Waals surface area contributed by atoms with Crippen molar-refractivity contribution in [3.63, 3.8) is 0 Å². The summed E-state index contributed by atoms with van der Waals surface area (Å²) in [6, 6.07) is 16.8. The monoisotopic (exact) mass is 240 g/mol. The maximum atomic E-state index is 12.0. The third-order valence-corrected chi connectivity index (χ3v) is 3.24. The molecule has 0 unspecified atom stereocenters. The summed E-state index contributed by atoms with van der Waals surface area (Å²) in [5.41, 5.74) is -0.00120. The van der Waals surface area contributed by atoms with Gasteiger partial charge in [-0.3, -0.25) is 4.79 Å². The van der Waals surface area contributed by atoms with Gasteiger partial charge in [0, 0.05) is 15.8 Å². The van der Waals surface area contributed by atoms with Crippen LogP contribution in [0.15, 0.2) is 59.4 Å². The predicted molar refractivity (Wildman–Crippen MR) is 72.7 cm³/mol. The summed E-state index contributed by atoms with van der Waals surface area (Å²) in [6.07, 6.45) is 0. The molecule has 0 atom stereocenters. The average Bonchev–Trinajstić information content (AvgIpc) is 2.49. The van der Waals surface area contributed by atoms with Crippen LogP contribution >= 0.6 is 11.6 Å². The molecule has 3 aromatic rings. The second-order valence-corrected chi connectivity index (χ2v) is 4.35. The van der Waals surface area contributed by atoms with Gasteiger partial charge >= 0.3 is 0 Å². The Hall–Kier alpha value is -1.86. The van der Waals surface area contributed by atoms with Crippen LogP contribution in [0.3, 0.4) is 0 Å². The van der Waals surface area contributed by atoms with Crippen molar-refractivity contribution >= 4 is 33.1 Å². The molecule has 1 nitrogen and oxygen atoms in total. The average molecular weight is 241 g/mol. The van der Waals surface area contributed by atoms with Crippen LogP contribution in [0.1, 0.15) is 0 Å². The summed E-state index contributed by atoms with van der Waals surface area (Å²) in [6.45, 7) is 0.